The Bertz CT molecular complexity index is 2750. The summed E-state index contributed by atoms with van der Waals surface area (Å²) >= 11 is 0. The Kier molecular flexibility index (Phi) is 7.84. The van der Waals surface area contributed by atoms with Gasteiger partial charge in [0.15, 0.2) is 0 Å². The lowest BCUT2D eigenvalue weighted by molar-refractivity contribution is 0.918. The van der Waals surface area contributed by atoms with Crippen LogP contribution in [0.1, 0.15) is 30.4 Å². The van der Waals surface area contributed by atoms with Crippen molar-refractivity contribution in [1.29, 1.82) is 0 Å². The van der Waals surface area contributed by atoms with Gasteiger partial charge in [-0.3, -0.25) is 0 Å². The summed E-state index contributed by atoms with van der Waals surface area (Å²) in [5.41, 5.74) is 13.9. The van der Waals surface area contributed by atoms with Crippen LogP contribution in [0.5, 0.6) is 0 Å². The fourth-order valence-electron chi connectivity index (χ4n) is 8.69. The molecular formula is C52H39N. The summed E-state index contributed by atoms with van der Waals surface area (Å²) in [5, 5.41) is 7.67. The molecule has 0 heterocycles. The highest BCUT2D eigenvalue weighted by Gasteiger charge is 2.23. The lowest BCUT2D eigenvalue weighted by Crippen LogP contribution is -2.17. The van der Waals surface area contributed by atoms with Crippen molar-refractivity contribution in [3.8, 4) is 33.4 Å². The van der Waals surface area contributed by atoms with Gasteiger partial charge in [0.1, 0.15) is 0 Å². The number of benzene rings is 8. The third-order valence-corrected chi connectivity index (χ3v) is 11.1. The van der Waals surface area contributed by atoms with Gasteiger partial charge in [-0.15, -0.1) is 0 Å². The van der Waals surface area contributed by atoms with Gasteiger partial charge in [0.2, 0.25) is 0 Å². The quantitative estimate of drug-likeness (QED) is 0.158. The lowest BCUT2D eigenvalue weighted by atomic mass is 9.81. The summed E-state index contributed by atoms with van der Waals surface area (Å²) in [4.78, 5) is 2.45. The van der Waals surface area contributed by atoms with Crippen LogP contribution in [-0.4, -0.2) is 0 Å². The van der Waals surface area contributed by atoms with E-state index in [1.54, 1.807) is 0 Å². The minimum atomic E-state index is 1.000. The molecule has 0 aliphatic heterocycles. The van der Waals surface area contributed by atoms with E-state index in [4.69, 9.17) is 0 Å². The number of aryl methyl sites for hydroxylation is 1. The first-order valence-corrected chi connectivity index (χ1v) is 18.9. The molecule has 0 radical (unpaired) electrons. The summed E-state index contributed by atoms with van der Waals surface area (Å²) in [6.07, 6.45) is 15.6. The predicted octanol–water partition coefficient (Wildman–Crippen LogP) is 14.5. The maximum Gasteiger partial charge on any atom is 0.0465 e. The van der Waals surface area contributed by atoms with Gasteiger partial charge in [-0.05, 0) is 145 Å². The second-order valence-electron chi connectivity index (χ2n) is 14.3. The van der Waals surface area contributed by atoms with Crippen molar-refractivity contribution in [2.75, 3.05) is 4.90 Å². The van der Waals surface area contributed by atoms with Crippen LogP contribution in [-0.2, 0) is 6.42 Å². The van der Waals surface area contributed by atoms with Gasteiger partial charge in [0.25, 0.3) is 0 Å². The first kappa shape index (κ1) is 31.3. The summed E-state index contributed by atoms with van der Waals surface area (Å²) in [7, 11) is 0. The Morgan fingerprint density at radius 1 is 0.434 bits per heavy atom. The Balaban J connectivity index is 1.36. The monoisotopic (exact) mass is 677 g/mol. The largest absolute Gasteiger partial charge is 0.314 e. The third-order valence-electron chi connectivity index (χ3n) is 11.1. The van der Waals surface area contributed by atoms with E-state index in [2.05, 4.69) is 193 Å². The highest BCUT2D eigenvalue weighted by Crippen LogP contribution is 2.50. The van der Waals surface area contributed by atoms with Crippen molar-refractivity contribution in [3.63, 3.8) is 0 Å². The minimum absolute atomic E-state index is 1.000. The molecule has 0 bridgehead atoms. The van der Waals surface area contributed by atoms with Gasteiger partial charge in [-0.1, -0.05) is 146 Å². The van der Waals surface area contributed by atoms with Gasteiger partial charge in [0, 0.05) is 17.1 Å². The van der Waals surface area contributed by atoms with Crippen molar-refractivity contribution < 1.29 is 0 Å². The van der Waals surface area contributed by atoms with Gasteiger partial charge in [-0.25, -0.2) is 0 Å². The molecule has 0 saturated carbocycles. The molecule has 2 aliphatic rings. The molecule has 0 saturated heterocycles. The smallest absolute Gasteiger partial charge is 0.0465 e. The molecule has 8 aromatic carbocycles. The zero-order valence-electron chi connectivity index (χ0n) is 29.7. The Morgan fingerprint density at radius 3 is 1.91 bits per heavy atom. The normalized spacial score (nSPS) is 13.7. The number of hydrogen-bond donors (Lipinski definition) is 0. The van der Waals surface area contributed by atoms with E-state index < -0.39 is 0 Å². The highest BCUT2D eigenvalue weighted by atomic mass is 15.1. The summed E-state index contributed by atoms with van der Waals surface area (Å²) in [6.45, 7) is 0. The molecule has 10 rings (SSSR count). The summed E-state index contributed by atoms with van der Waals surface area (Å²) < 4.78 is 0. The standard InChI is InChI=1S/C52H39N/c1-5-18-37(19-6-1)47-35-48(40-30-29-36-17-13-14-22-39(36)33-40)50(38-20-7-2-8-21-38)52-46-32-31-43(34-49(46)44-27-15-16-28-45(44)51(47)52)53(41-23-9-3-10-24-41)42-25-11-4-12-26-42/h1-11,14-16,18-25,27-35H,12-13,17,26H2. The number of hydrogen-bond acceptors (Lipinski definition) is 1. The van der Waals surface area contributed by atoms with Crippen LogP contribution < -0.4 is 4.90 Å². The maximum absolute atomic E-state index is 2.47. The molecule has 0 N–H and O–H groups in total. The van der Waals surface area contributed by atoms with Crippen LogP contribution in [0.2, 0.25) is 0 Å². The fraction of sp³-hybridized carbons (Fsp3) is 0.0769. The van der Waals surface area contributed by atoms with Gasteiger partial charge in [0.05, 0.1) is 0 Å². The molecule has 0 atom stereocenters. The average molecular weight is 678 g/mol. The molecule has 8 aromatic rings. The number of fused-ring (bicyclic) bond motifs is 7. The molecule has 1 heteroatoms. The Morgan fingerprint density at radius 2 is 1.13 bits per heavy atom. The van der Waals surface area contributed by atoms with Crippen LogP contribution >= 0.6 is 0 Å². The van der Waals surface area contributed by atoms with E-state index in [-0.39, 0.29) is 0 Å². The topological polar surface area (TPSA) is 3.24 Å². The number of anilines is 2. The second-order valence-corrected chi connectivity index (χ2v) is 14.3. The Labute approximate surface area is 311 Å². The summed E-state index contributed by atoms with van der Waals surface area (Å²) in [5.74, 6) is 0. The molecule has 0 fully saturated rings. The first-order chi connectivity index (χ1) is 26.3. The van der Waals surface area contributed by atoms with Crippen LogP contribution in [0.15, 0.2) is 188 Å². The average Bonchev–Trinajstić information content (AvgIpc) is 3.24. The number of allylic oxidation sites excluding steroid dienone is 5. The zero-order chi connectivity index (χ0) is 35.1. The van der Waals surface area contributed by atoms with Crippen molar-refractivity contribution in [2.24, 2.45) is 0 Å². The van der Waals surface area contributed by atoms with E-state index in [1.165, 1.54) is 93.9 Å². The maximum atomic E-state index is 2.47. The van der Waals surface area contributed by atoms with Crippen molar-refractivity contribution in [2.45, 2.75) is 25.7 Å². The van der Waals surface area contributed by atoms with E-state index in [0.29, 0.717) is 0 Å². The molecule has 1 nitrogen and oxygen atoms in total. The van der Waals surface area contributed by atoms with E-state index in [1.807, 2.05) is 0 Å². The number of para-hydroxylation sites is 1. The molecule has 0 aromatic heterocycles. The van der Waals surface area contributed by atoms with E-state index in [9.17, 15) is 0 Å². The predicted molar refractivity (Wildman–Crippen MR) is 228 cm³/mol. The molecule has 2 aliphatic carbocycles. The van der Waals surface area contributed by atoms with E-state index in [0.717, 1.165) is 25.7 Å². The second kappa shape index (κ2) is 13.3. The molecule has 0 unspecified atom stereocenters. The van der Waals surface area contributed by atoms with E-state index >= 15 is 0 Å². The minimum Gasteiger partial charge on any atom is -0.314 e. The van der Waals surface area contributed by atoms with Gasteiger partial charge < -0.3 is 4.90 Å². The van der Waals surface area contributed by atoms with Crippen LogP contribution in [0.3, 0.4) is 0 Å². The molecular weight excluding hydrogens is 639 g/mol. The fourth-order valence-corrected chi connectivity index (χ4v) is 8.69. The van der Waals surface area contributed by atoms with Gasteiger partial charge >= 0.3 is 0 Å². The highest BCUT2D eigenvalue weighted by molar-refractivity contribution is 6.33. The molecule has 252 valence electrons. The first-order valence-electron chi connectivity index (χ1n) is 18.9. The number of nitrogens with zero attached hydrogens (tertiary/aromatic N) is 1. The van der Waals surface area contributed by atoms with Crippen LogP contribution in [0, 0.1) is 0 Å². The van der Waals surface area contributed by atoms with Gasteiger partial charge in [-0.2, -0.15) is 0 Å². The number of rotatable bonds is 6. The zero-order valence-corrected chi connectivity index (χ0v) is 29.7. The van der Waals surface area contributed by atoms with Crippen LogP contribution in [0.25, 0.3) is 71.8 Å². The van der Waals surface area contributed by atoms with Crippen molar-refractivity contribution in [1.82, 2.24) is 0 Å². The molecule has 53 heavy (non-hydrogen) atoms. The molecule has 0 spiro atoms. The lowest BCUT2D eigenvalue weighted by Gasteiger charge is -2.29. The third kappa shape index (κ3) is 5.48. The van der Waals surface area contributed by atoms with Crippen molar-refractivity contribution >= 4 is 49.8 Å². The molecule has 0 amide bonds. The summed E-state index contributed by atoms with van der Waals surface area (Å²) in [6, 6.07) is 58.7. The van der Waals surface area contributed by atoms with Crippen molar-refractivity contribution in [3.05, 3.63) is 199 Å². The Hall–Kier alpha value is -6.44. The van der Waals surface area contributed by atoms with Crippen LogP contribution in [0.4, 0.5) is 11.4 Å². The SMILES string of the molecule is C1=CCCC(N(c2ccccc2)c2ccc3c(c2)c2ccccc2c2c(-c4ccccc4)cc(-c4ccc5c(c4)C=CCC5)c(-c4ccccc4)c32)=C1.